The van der Waals surface area contributed by atoms with Crippen LogP contribution in [0.15, 0.2) is 24.4 Å². The summed E-state index contributed by atoms with van der Waals surface area (Å²) in [6.07, 6.45) is 3.17. The Morgan fingerprint density at radius 2 is 2.19 bits per heavy atom. The number of carbonyl (C=O) groups excluding carboxylic acids is 1. The average molecular weight is 220 g/mol. The van der Waals surface area contributed by atoms with Crippen LogP contribution < -0.4 is 0 Å². The molecule has 0 saturated carbocycles. The van der Waals surface area contributed by atoms with Crippen LogP contribution in [0.1, 0.15) is 31.4 Å². The van der Waals surface area contributed by atoms with Crippen molar-refractivity contribution in [2.75, 3.05) is 20.6 Å². The Hall–Kier alpha value is -1.22. The maximum atomic E-state index is 11.9. The summed E-state index contributed by atoms with van der Waals surface area (Å²) in [4.78, 5) is 18.2. The molecule has 0 unspecified atom stereocenters. The Kier molecular flexibility index (Phi) is 5.12. The number of Topliss-reactive ketones (excluding diaryl/α,β-unsaturated/α-hetero) is 1. The Morgan fingerprint density at radius 3 is 2.69 bits per heavy atom. The lowest BCUT2D eigenvalue weighted by molar-refractivity contribution is -0.120. The number of ketones is 1. The summed E-state index contributed by atoms with van der Waals surface area (Å²) >= 11 is 0. The van der Waals surface area contributed by atoms with Crippen molar-refractivity contribution in [3.8, 4) is 0 Å². The molecule has 0 saturated heterocycles. The van der Waals surface area contributed by atoms with Gasteiger partial charge in [0.25, 0.3) is 0 Å². The topological polar surface area (TPSA) is 33.2 Å². The van der Waals surface area contributed by atoms with Gasteiger partial charge in [-0.25, -0.2) is 0 Å². The van der Waals surface area contributed by atoms with Gasteiger partial charge in [-0.2, -0.15) is 0 Å². The minimum absolute atomic E-state index is 0.0476. The first-order valence-corrected chi connectivity index (χ1v) is 5.73. The summed E-state index contributed by atoms with van der Waals surface area (Å²) in [6.45, 7) is 2.82. The molecule has 88 valence electrons. The molecule has 0 spiro atoms. The van der Waals surface area contributed by atoms with Crippen LogP contribution >= 0.6 is 0 Å². The smallest absolute Gasteiger partial charge is 0.141 e. The summed E-state index contributed by atoms with van der Waals surface area (Å²) in [5.41, 5.74) is 0.899. The standard InChI is InChI=1S/C13H20N2O/c1-4-13(16)11(8-10-15(2)3)12-7-5-6-9-14-12/h5-7,9,11H,4,8,10H2,1-3H3/t11-/m0/s1. The molecule has 1 rings (SSSR count). The molecular weight excluding hydrogens is 200 g/mol. The Bertz CT molecular complexity index is 322. The van der Waals surface area contributed by atoms with Gasteiger partial charge in [0.15, 0.2) is 0 Å². The van der Waals surface area contributed by atoms with E-state index < -0.39 is 0 Å². The van der Waals surface area contributed by atoms with Crippen molar-refractivity contribution in [2.24, 2.45) is 0 Å². The van der Waals surface area contributed by atoms with Crippen molar-refractivity contribution in [3.05, 3.63) is 30.1 Å². The molecule has 0 radical (unpaired) electrons. The fourth-order valence-electron chi connectivity index (χ4n) is 1.69. The van der Waals surface area contributed by atoms with E-state index in [1.165, 1.54) is 0 Å². The quantitative estimate of drug-likeness (QED) is 0.736. The molecule has 0 aliphatic carbocycles. The number of carbonyl (C=O) groups is 1. The molecule has 3 nitrogen and oxygen atoms in total. The number of aromatic nitrogens is 1. The average Bonchev–Trinajstić information content (AvgIpc) is 2.30. The Morgan fingerprint density at radius 1 is 1.44 bits per heavy atom. The Labute approximate surface area is 97.5 Å². The summed E-state index contributed by atoms with van der Waals surface area (Å²) in [5, 5.41) is 0. The molecule has 0 N–H and O–H groups in total. The van der Waals surface area contributed by atoms with Crippen LogP contribution in [0.3, 0.4) is 0 Å². The van der Waals surface area contributed by atoms with Crippen LogP contribution in [-0.4, -0.2) is 36.3 Å². The van der Waals surface area contributed by atoms with Gasteiger partial charge in [0.05, 0.1) is 11.6 Å². The SMILES string of the molecule is CCC(=O)[C@@H](CCN(C)C)c1ccccn1. The highest BCUT2D eigenvalue weighted by Crippen LogP contribution is 2.20. The van der Waals surface area contributed by atoms with Gasteiger partial charge in [-0.05, 0) is 39.2 Å². The third kappa shape index (κ3) is 3.74. The van der Waals surface area contributed by atoms with Crippen molar-refractivity contribution < 1.29 is 4.79 Å². The van der Waals surface area contributed by atoms with Crippen LogP contribution in [0, 0.1) is 0 Å². The highest BCUT2D eigenvalue weighted by molar-refractivity contribution is 5.84. The van der Waals surface area contributed by atoms with E-state index in [-0.39, 0.29) is 11.7 Å². The molecular formula is C13H20N2O. The summed E-state index contributed by atoms with van der Waals surface area (Å²) in [5.74, 6) is 0.231. The molecule has 3 heteroatoms. The van der Waals surface area contributed by atoms with Crippen LogP contribution in [0.4, 0.5) is 0 Å². The van der Waals surface area contributed by atoms with Gasteiger partial charge in [0.2, 0.25) is 0 Å². The molecule has 0 amide bonds. The number of nitrogens with zero attached hydrogens (tertiary/aromatic N) is 2. The highest BCUT2D eigenvalue weighted by Gasteiger charge is 2.19. The van der Waals surface area contributed by atoms with E-state index in [4.69, 9.17) is 0 Å². The van der Waals surface area contributed by atoms with E-state index in [2.05, 4.69) is 9.88 Å². The largest absolute Gasteiger partial charge is 0.309 e. The third-order valence-corrected chi connectivity index (χ3v) is 2.65. The molecule has 0 aliphatic heterocycles. The molecule has 0 fully saturated rings. The van der Waals surface area contributed by atoms with E-state index in [1.54, 1.807) is 6.20 Å². The van der Waals surface area contributed by atoms with Crippen LogP contribution in [0.5, 0.6) is 0 Å². The van der Waals surface area contributed by atoms with E-state index in [1.807, 2.05) is 39.2 Å². The monoisotopic (exact) mass is 220 g/mol. The van der Waals surface area contributed by atoms with Crippen molar-refractivity contribution in [1.82, 2.24) is 9.88 Å². The molecule has 0 aliphatic rings. The number of rotatable bonds is 6. The van der Waals surface area contributed by atoms with Crippen molar-refractivity contribution in [3.63, 3.8) is 0 Å². The van der Waals surface area contributed by atoms with Gasteiger partial charge in [-0.3, -0.25) is 9.78 Å². The van der Waals surface area contributed by atoms with Gasteiger partial charge >= 0.3 is 0 Å². The minimum atomic E-state index is -0.0476. The van der Waals surface area contributed by atoms with Gasteiger partial charge in [0, 0.05) is 12.6 Å². The lowest BCUT2D eigenvalue weighted by Crippen LogP contribution is -2.20. The third-order valence-electron chi connectivity index (χ3n) is 2.65. The zero-order chi connectivity index (χ0) is 12.0. The van der Waals surface area contributed by atoms with Crippen molar-refractivity contribution >= 4 is 5.78 Å². The highest BCUT2D eigenvalue weighted by atomic mass is 16.1. The summed E-state index contributed by atoms with van der Waals surface area (Å²) in [7, 11) is 4.04. The minimum Gasteiger partial charge on any atom is -0.309 e. The van der Waals surface area contributed by atoms with Crippen LogP contribution in [-0.2, 0) is 4.79 Å². The maximum absolute atomic E-state index is 11.9. The molecule has 16 heavy (non-hydrogen) atoms. The lowest BCUT2D eigenvalue weighted by Gasteiger charge is -2.17. The normalized spacial score (nSPS) is 12.8. The van der Waals surface area contributed by atoms with Gasteiger partial charge in [-0.15, -0.1) is 0 Å². The van der Waals surface area contributed by atoms with Crippen LogP contribution in [0.2, 0.25) is 0 Å². The Balaban J connectivity index is 2.76. The van der Waals surface area contributed by atoms with Crippen molar-refractivity contribution in [2.45, 2.75) is 25.7 Å². The molecule has 1 aromatic heterocycles. The number of hydrogen-bond acceptors (Lipinski definition) is 3. The van der Waals surface area contributed by atoms with E-state index in [0.29, 0.717) is 6.42 Å². The van der Waals surface area contributed by atoms with E-state index >= 15 is 0 Å². The summed E-state index contributed by atoms with van der Waals surface area (Å²) < 4.78 is 0. The lowest BCUT2D eigenvalue weighted by atomic mass is 9.94. The van der Waals surface area contributed by atoms with Crippen LogP contribution in [0.25, 0.3) is 0 Å². The maximum Gasteiger partial charge on any atom is 0.141 e. The van der Waals surface area contributed by atoms with E-state index in [0.717, 1.165) is 18.7 Å². The number of hydrogen-bond donors (Lipinski definition) is 0. The van der Waals surface area contributed by atoms with Gasteiger partial charge in [-0.1, -0.05) is 13.0 Å². The number of pyridine rings is 1. The second-order valence-electron chi connectivity index (χ2n) is 4.22. The molecule has 0 aromatic carbocycles. The zero-order valence-electron chi connectivity index (χ0n) is 10.3. The van der Waals surface area contributed by atoms with E-state index in [9.17, 15) is 4.79 Å². The fourth-order valence-corrected chi connectivity index (χ4v) is 1.69. The first-order chi connectivity index (χ1) is 7.65. The first-order valence-electron chi connectivity index (χ1n) is 5.73. The fraction of sp³-hybridized carbons (Fsp3) is 0.538. The predicted octanol–water partition coefficient (Wildman–Crippen LogP) is 2.10. The molecule has 1 aromatic rings. The van der Waals surface area contributed by atoms with Gasteiger partial charge in [0.1, 0.15) is 5.78 Å². The predicted molar refractivity (Wildman–Crippen MR) is 65.4 cm³/mol. The molecule has 1 atom stereocenters. The second kappa shape index (κ2) is 6.38. The molecule has 0 bridgehead atoms. The molecule has 1 heterocycles. The van der Waals surface area contributed by atoms with Gasteiger partial charge < -0.3 is 4.90 Å². The second-order valence-corrected chi connectivity index (χ2v) is 4.22. The first kappa shape index (κ1) is 12.8. The summed E-state index contributed by atoms with van der Waals surface area (Å²) in [6, 6.07) is 5.75. The zero-order valence-corrected chi connectivity index (χ0v) is 10.3. The van der Waals surface area contributed by atoms with Crippen molar-refractivity contribution in [1.29, 1.82) is 0 Å².